The fraction of sp³-hybridized carbons (Fsp3) is 0.0417. The summed E-state index contributed by atoms with van der Waals surface area (Å²) in [6, 6.07) is 23.8. The summed E-state index contributed by atoms with van der Waals surface area (Å²) in [6.45, 7) is 1.93. The van der Waals surface area contributed by atoms with E-state index >= 15 is 0 Å². The molecule has 0 heterocycles. The van der Waals surface area contributed by atoms with E-state index in [4.69, 9.17) is 0 Å². The summed E-state index contributed by atoms with van der Waals surface area (Å²) >= 11 is 0. The van der Waals surface area contributed by atoms with Crippen molar-refractivity contribution in [1.29, 1.82) is 0 Å². The molecule has 0 aliphatic carbocycles. The SMILES string of the molecule is Cc1cccc(C(=O)Nc2ccc(C(=O)N/N=C/C=C/c3ccccc3)cc2)c1. The summed E-state index contributed by atoms with van der Waals surface area (Å²) in [4.78, 5) is 24.4. The second kappa shape index (κ2) is 9.80. The first kappa shape index (κ1) is 19.8. The molecule has 0 saturated heterocycles. The number of carbonyl (C=O) groups is 2. The Morgan fingerprint density at radius 1 is 0.828 bits per heavy atom. The van der Waals surface area contributed by atoms with Gasteiger partial charge < -0.3 is 5.32 Å². The summed E-state index contributed by atoms with van der Waals surface area (Å²) in [7, 11) is 0. The molecule has 0 radical (unpaired) electrons. The van der Waals surface area contributed by atoms with E-state index in [1.807, 2.05) is 61.5 Å². The fourth-order valence-electron chi connectivity index (χ4n) is 2.62. The number of carbonyl (C=O) groups excluding carboxylic acids is 2. The summed E-state index contributed by atoms with van der Waals surface area (Å²) < 4.78 is 0. The number of hydrogen-bond donors (Lipinski definition) is 2. The molecule has 2 N–H and O–H groups in total. The Hall–Kier alpha value is -3.99. The molecule has 3 aromatic carbocycles. The maximum Gasteiger partial charge on any atom is 0.271 e. The first-order chi connectivity index (χ1) is 14.1. The molecule has 0 fully saturated rings. The van der Waals surface area contributed by atoms with Gasteiger partial charge in [-0.3, -0.25) is 9.59 Å². The number of nitrogens with zero attached hydrogens (tertiary/aromatic N) is 1. The maximum atomic E-state index is 12.3. The third kappa shape index (κ3) is 6.01. The number of hydrazone groups is 1. The summed E-state index contributed by atoms with van der Waals surface area (Å²) in [5, 5.41) is 6.72. The number of anilines is 1. The van der Waals surface area contributed by atoms with E-state index in [0.717, 1.165) is 11.1 Å². The minimum atomic E-state index is -0.328. The van der Waals surface area contributed by atoms with Crippen molar-refractivity contribution in [3.8, 4) is 0 Å². The highest BCUT2D eigenvalue weighted by atomic mass is 16.2. The molecule has 144 valence electrons. The lowest BCUT2D eigenvalue weighted by molar-refractivity contribution is 0.0954. The van der Waals surface area contributed by atoms with Crippen molar-refractivity contribution in [2.75, 3.05) is 5.32 Å². The summed E-state index contributed by atoms with van der Waals surface area (Å²) in [5.41, 5.74) is 6.18. The Morgan fingerprint density at radius 3 is 2.31 bits per heavy atom. The van der Waals surface area contributed by atoms with Crippen LogP contribution in [0.15, 0.2) is 90.0 Å². The highest BCUT2D eigenvalue weighted by Gasteiger charge is 2.08. The van der Waals surface area contributed by atoms with Crippen LogP contribution in [-0.4, -0.2) is 18.0 Å². The van der Waals surface area contributed by atoms with E-state index in [1.165, 1.54) is 6.21 Å². The molecule has 0 bridgehead atoms. The van der Waals surface area contributed by atoms with Crippen molar-refractivity contribution < 1.29 is 9.59 Å². The van der Waals surface area contributed by atoms with Gasteiger partial charge >= 0.3 is 0 Å². The predicted octanol–water partition coefficient (Wildman–Crippen LogP) is 4.68. The van der Waals surface area contributed by atoms with Crippen LogP contribution in [0, 0.1) is 6.92 Å². The highest BCUT2D eigenvalue weighted by Crippen LogP contribution is 2.12. The Kier molecular flexibility index (Phi) is 6.68. The van der Waals surface area contributed by atoms with Gasteiger partial charge in [-0.25, -0.2) is 5.43 Å². The van der Waals surface area contributed by atoms with Gasteiger partial charge in [-0.05, 0) is 55.0 Å². The zero-order chi connectivity index (χ0) is 20.5. The van der Waals surface area contributed by atoms with Gasteiger partial charge in [0.25, 0.3) is 11.8 Å². The van der Waals surface area contributed by atoms with E-state index in [1.54, 1.807) is 36.4 Å². The van der Waals surface area contributed by atoms with Crippen LogP contribution in [0.25, 0.3) is 6.08 Å². The number of aryl methyl sites for hydroxylation is 1. The Labute approximate surface area is 169 Å². The van der Waals surface area contributed by atoms with Crippen LogP contribution in [0.4, 0.5) is 5.69 Å². The van der Waals surface area contributed by atoms with Crippen LogP contribution < -0.4 is 10.7 Å². The first-order valence-corrected chi connectivity index (χ1v) is 9.15. The summed E-state index contributed by atoms with van der Waals surface area (Å²) in [5.74, 6) is -0.522. The average molecular weight is 383 g/mol. The lowest BCUT2D eigenvalue weighted by atomic mass is 10.1. The number of allylic oxidation sites excluding steroid dienone is 1. The lowest BCUT2D eigenvalue weighted by Crippen LogP contribution is -2.17. The van der Waals surface area contributed by atoms with E-state index in [-0.39, 0.29) is 11.8 Å². The third-order valence-corrected chi connectivity index (χ3v) is 4.10. The van der Waals surface area contributed by atoms with Gasteiger partial charge in [0.05, 0.1) is 0 Å². The van der Waals surface area contributed by atoms with Crippen LogP contribution >= 0.6 is 0 Å². The predicted molar refractivity (Wildman–Crippen MR) is 117 cm³/mol. The van der Waals surface area contributed by atoms with Crippen molar-refractivity contribution in [3.63, 3.8) is 0 Å². The van der Waals surface area contributed by atoms with Crippen molar-refractivity contribution in [1.82, 2.24) is 5.43 Å². The minimum Gasteiger partial charge on any atom is -0.322 e. The van der Waals surface area contributed by atoms with Gasteiger partial charge in [0.2, 0.25) is 0 Å². The van der Waals surface area contributed by atoms with Crippen molar-refractivity contribution in [3.05, 3.63) is 107 Å². The van der Waals surface area contributed by atoms with Gasteiger partial charge in [-0.2, -0.15) is 5.10 Å². The molecule has 5 nitrogen and oxygen atoms in total. The van der Waals surface area contributed by atoms with Gasteiger partial charge in [-0.1, -0.05) is 54.1 Å². The third-order valence-electron chi connectivity index (χ3n) is 4.10. The second-order valence-electron chi connectivity index (χ2n) is 6.39. The van der Waals surface area contributed by atoms with Crippen molar-refractivity contribution >= 4 is 29.8 Å². The van der Waals surface area contributed by atoms with Gasteiger partial charge in [0, 0.05) is 23.0 Å². The molecule has 0 aliphatic rings. The van der Waals surface area contributed by atoms with Crippen LogP contribution in [-0.2, 0) is 0 Å². The quantitative estimate of drug-likeness (QED) is 0.479. The molecule has 0 unspecified atom stereocenters. The summed E-state index contributed by atoms with van der Waals surface area (Å²) in [6.07, 6.45) is 5.15. The number of hydrogen-bond acceptors (Lipinski definition) is 3. The molecular weight excluding hydrogens is 362 g/mol. The van der Waals surface area contributed by atoms with E-state index < -0.39 is 0 Å². The standard InChI is InChI=1S/C24H21N3O2/c1-18-7-5-11-21(17-18)23(28)26-22-14-12-20(13-15-22)24(29)27-25-16-6-10-19-8-3-2-4-9-19/h2-17H,1H3,(H,26,28)(H,27,29)/b10-6+,25-16+. The Balaban J connectivity index is 1.52. The van der Waals surface area contributed by atoms with Gasteiger partial charge in [-0.15, -0.1) is 0 Å². The zero-order valence-corrected chi connectivity index (χ0v) is 16.0. The highest BCUT2D eigenvalue weighted by molar-refractivity contribution is 6.04. The monoisotopic (exact) mass is 383 g/mol. The molecule has 5 heteroatoms. The molecular formula is C24H21N3O2. The molecule has 0 aromatic heterocycles. The van der Waals surface area contributed by atoms with Crippen molar-refractivity contribution in [2.24, 2.45) is 5.10 Å². The minimum absolute atomic E-state index is 0.194. The largest absolute Gasteiger partial charge is 0.322 e. The fourth-order valence-corrected chi connectivity index (χ4v) is 2.62. The second-order valence-corrected chi connectivity index (χ2v) is 6.39. The molecule has 29 heavy (non-hydrogen) atoms. The van der Waals surface area contributed by atoms with E-state index in [2.05, 4.69) is 15.8 Å². The Morgan fingerprint density at radius 2 is 1.59 bits per heavy atom. The number of rotatable bonds is 6. The maximum absolute atomic E-state index is 12.3. The van der Waals surface area contributed by atoms with Crippen LogP contribution in [0.1, 0.15) is 31.8 Å². The average Bonchev–Trinajstić information content (AvgIpc) is 2.74. The number of nitrogens with one attached hydrogen (secondary N) is 2. The van der Waals surface area contributed by atoms with Gasteiger partial charge in [0.15, 0.2) is 0 Å². The zero-order valence-electron chi connectivity index (χ0n) is 16.0. The van der Waals surface area contributed by atoms with Gasteiger partial charge in [0.1, 0.15) is 0 Å². The molecule has 3 rings (SSSR count). The van der Waals surface area contributed by atoms with Crippen LogP contribution in [0.5, 0.6) is 0 Å². The molecule has 3 aromatic rings. The van der Waals surface area contributed by atoms with Crippen LogP contribution in [0.2, 0.25) is 0 Å². The molecule has 2 amide bonds. The number of benzene rings is 3. The smallest absolute Gasteiger partial charge is 0.271 e. The number of amides is 2. The van der Waals surface area contributed by atoms with E-state index in [9.17, 15) is 9.59 Å². The normalized spacial score (nSPS) is 10.9. The van der Waals surface area contributed by atoms with Crippen molar-refractivity contribution in [2.45, 2.75) is 6.92 Å². The lowest BCUT2D eigenvalue weighted by Gasteiger charge is -2.07. The topological polar surface area (TPSA) is 70.6 Å². The molecule has 0 atom stereocenters. The molecule has 0 saturated carbocycles. The van der Waals surface area contributed by atoms with E-state index in [0.29, 0.717) is 16.8 Å². The van der Waals surface area contributed by atoms with Crippen LogP contribution in [0.3, 0.4) is 0 Å². The first-order valence-electron chi connectivity index (χ1n) is 9.15. The molecule has 0 aliphatic heterocycles. The molecule has 0 spiro atoms. The Bertz CT molecular complexity index is 1040.